The molecule has 0 fully saturated rings. The number of hydrogen-bond acceptors (Lipinski definition) is 2. The first-order valence-electron chi connectivity index (χ1n) is 10.5. The molecule has 154 valence electrons. The smallest absolute Gasteiger partial charge is 0.0737 e. The molecule has 32 heavy (non-hydrogen) atoms. The lowest BCUT2D eigenvalue weighted by Gasteiger charge is -2.04. The molecule has 0 aliphatic carbocycles. The first-order chi connectivity index (χ1) is 15.7. The summed E-state index contributed by atoms with van der Waals surface area (Å²) in [6, 6.07) is 25.1. The van der Waals surface area contributed by atoms with E-state index in [-0.39, 0.29) is 0 Å². The molecule has 0 saturated heterocycles. The van der Waals surface area contributed by atoms with Gasteiger partial charge in [-0.3, -0.25) is 0 Å². The predicted molar refractivity (Wildman–Crippen MR) is 136 cm³/mol. The molecule has 1 aromatic carbocycles. The fraction of sp³-hybridized carbons (Fsp3) is 0.0370. The molecule has 8 bridgehead atoms. The maximum Gasteiger partial charge on any atom is 0.0737 e. The fourth-order valence-electron chi connectivity index (χ4n) is 4.07. The zero-order chi connectivity index (χ0) is 21.5. The van der Waals surface area contributed by atoms with E-state index >= 15 is 0 Å². The third kappa shape index (κ3) is 3.72. The third-order valence-electron chi connectivity index (χ3n) is 5.56. The van der Waals surface area contributed by atoms with E-state index in [9.17, 15) is 0 Å². The average Bonchev–Trinajstić information content (AvgIpc) is 3.59. The highest BCUT2D eigenvalue weighted by atomic mass is 79.9. The Bertz CT molecular complexity index is 1570. The van der Waals surface area contributed by atoms with Crippen LogP contribution in [-0.2, 0) is 5.33 Å². The molecule has 3 aromatic heterocycles. The van der Waals surface area contributed by atoms with Gasteiger partial charge in [-0.15, -0.1) is 0 Å². The van der Waals surface area contributed by atoms with E-state index in [1.807, 2.05) is 12.2 Å². The highest BCUT2D eigenvalue weighted by Gasteiger charge is 2.14. The Balaban J connectivity index is 1.62. The van der Waals surface area contributed by atoms with Crippen molar-refractivity contribution in [1.29, 1.82) is 0 Å². The number of nitrogens with zero attached hydrogens (tertiary/aromatic N) is 2. The lowest BCUT2D eigenvalue weighted by molar-refractivity contribution is 1.27. The molecule has 0 amide bonds. The van der Waals surface area contributed by atoms with Gasteiger partial charge in [0.1, 0.15) is 0 Å². The Morgan fingerprint density at radius 3 is 2.03 bits per heavy atom. The van der Waals surface area contributed by atoms with Crippen LogP contribution in [-0.4, -0.2) is 19.9 Å². The molecule has 4 aromatic rings. The quantitative estimate of drug-likeness (QED) is 0.264. The Labute approximate surface area is 193 Å². The SMILES string of the molecule is BrCc1cccc(C2=Cc3cc4ccc(cc5ccc(cc6nc(cc2n3)C=C6)[nH]5)[nH]4)c1. The second kappa shape index (κ2) is 7.77. The number of aromatic nitrogens is 4. The van der Waals surface area contributed by atoms with E-state index in [1.165, 1.54) is 5.56 Å². The molecule has 2 N–H and O–H groups in total. The summed E-state index contributed by atoms with van der Waals surface area (Å²) in [4.78, 5) is 16.6. The van der Waals surface area contributed by atoms with E-state index in [2.05, 4.69) is 105 Å². The van der Waals surface area contributed by atoms with Gasteiger partial charge in [0.15, 0.2) is 0 Å². The molecule has 0 unspecified atom stereocenters. The number of nitrogens with one attached hydrogen (secondary N) is 2. The number of hydrogen-bond donors (Lipinski definition) is 2. The van der Waals surface area contributed by atoms with Gasteiger partial charge < -0.3 is 9.97 Å². The van der Waals surface area contributed by atoms with E-state index < -0.39 is 0 Å². The van der Waals surface area contributed by atoms with Gasteiger partial charge >= 0.3 is 0 Å². The number of H-pyrrole nitrogens is 2. The predicted octanol–water partition coefficient (Wildman–Crippen LogP) is 6.97. The van der Waals surface area contributed by atoms with Crippen molar-refractivity contribution >= 4 is 61.8 Å². The maximum atomic E-state index is 4.94. The van der Waals surface area contributed by atoms with Crippen molar-refractivity contribution in [2.75, 3.05) is 0 Å². The minimum atomic E-state index is 0.818. The van der Waals surface area contributed by atoms with Crippen LogP contribution < -0.4 is 0 Å². The summed E-state index contributed by atoms with van der Waals surface area (Å²) in [6.07, 6.45) is 6.22. The first-order valence-corrected chi connectivity index (χ1v) is 11.6. The van der Waals surface area contributed by atoms with Gasteiger partial charge in [0, 0.05) is 33.0 Å². The third-order valence-corrected chi connectivity index (χ3v) is 6.21. The molecule has 0 saturated carbocycles. The molecule has 2 aliphatic rings. The highest BCUT2D eigenvalue weighted by molar-refractivity contribution is 9.08. The molecule has 2 aliphatic heterocycles. The van der Waals surface area contributed by atoms with Crippen LogP contribution >= 0.6 is 15.9 Å². The van der Waals surface area contributed by atoms with Crippen LogP contribution in [0.4, 0.5) is 0 Å². The molecule has 6 rings (SSSR count). The number of aromatic amines is 2. The number of halogens is 1. The van der Waals surface area contributed by atoms with Gasteiger partial charge in [-0.25, -0.2) is 9.97 Å². The first kappa shape index (κ1) is 19.0. The lowest BCUT2D eigenvalue weighted by Crippen LogP contribution is -1.88. The minimum absolute atomic E-state index is 0.818. The molecular weight excluding hydrogens is 460 g/mol. The van der Waals surface area contributed by atoms with Gasteiger partial charge in [-0.05, 0) is 77.9 Å². The molecule has 0 spiro atoms. The van der Waals surface area contributed by atoms with Crippen molar-refractivity contribution in [2.45, 2.75) is 5.33 Å². The fourth-order valence-corrected chi connectivity index (χ4v) is 4.42. The monoisotopic (exact) mass is 478 g/mol. The highest BCUT2D eigenvalue weighted by Crippen LogP contribution is 2.30. The van der Waals surface area contributed by atoms with Gasteiger partial charge in [0.25, 0.3) is 0 Å². The Kier molecular flexibility index (Phi) is 4.62. The van der Waals surface area contributed by atoms with Gasteiger partial charge in [-0.1, -0.05) is 40.2 Å². The minimum Gasteiger partial charge on any atom is -0.355 e. The van der Waals surface area contributed by atoms with Crippen LogP contribution in [0.2, 0.25) is 0 Å². The molecule has 0 atom stereocenters. The van der Waals surface area contributed by atoms with Crippen LogP contribution in [0.5, 0.6) is 0 Å². The molecule has 4 nitrogen and oxygen atoms in total. The zero-order valence-corrected chi connectivity index (χ0v) is 18.7. The van der Waals surface area contributed by atoms with E-state index in [0.717, 1.165) is 61.3 Å². The van der Waals surface area contributed by atoms with Crippen molar-refractivity contribution in [3.05, 3.63) is 107 Å². The summed E-state index contributed by atoms with van der Waals surface area (Å²) in [5.74, 6) is 0. The van der Waals surface area contributed by atoms with Gasteiger partial charge in [0.2, 0.25) is 0 Å². The van der Waals surface area contributed by atoms with Crippen molar-refractivity contribution in [2.24, 2.45) is 0 Å². The Morgan fingerprint density at radius 2 is 1.31 bits per heavy atom. The van der Waals surface area contributed by atoms with Crippen molar-refractivity contribution in [3.8, 4) is 0 Å². The number of benzene rings is 1. The van der Waals surface area contributed by atoms with Crippen molar-refractivity contribution < 1.29 is 0 Å². The number of alkyl halides is 1. The van der Waals surface area contributed by atoms with Crippen LogP contribution in [0.3, 0.4) is 0 Å². The summed E-state index contributed by atoms with van der Waals surface area (Å²) >= 11 is 3.57. The molecule has 0 radical (unpaired) electrons. The van der Waals surface area contributed by atoms with E-state index in [0.29, 0.717) is 0 Å². The normalized spacial score (nSPS) is 12.7. The largest absolute Gasteiger partial charge is 0.355 e. The molecule has 5 heterocycles. The Morgan fingerprint density at radius 1 is 0.656 bits per heavy atom. The lowest BCUT2D eigenvalue weighted by atomic mass is 10.0. The number of fused-ring (bicyclic) bond motifs is 8. The summed E-state index contributed by atoms with van der Waals surface area (Å²) in [5, 5.41) is 0.818. The standard InChI is InChI=1S/C27H19BrN4/c28-16-17-2-1-3-18(10-17)26-14-25-13-23-7-6-21(30-23)11-19-4-5-20(29-19)12-22-8-9-24(31-22)15-27(26)32-25/h1-15,29-30H,16H2. The van der Waals surface area contributed by atoms with Crippen LogP contribution in [0.1, 0.15) is 33.9 Å². The summed E-state index contributed by atoms with van der Waals surface area (Å²) in [5.41, 5.74) is 11.2. The van der Waals surface area contributed by atoms with Gasteiger partial charge in [-0.2, -0.15) is 0 Å². The zero-order valence-electron chi connectivity index (χ0n) is 17.1. The van der Waals surface area contributed by atoms with Crippen molar-refractivity contribution in [3.63, 3.8) is 0 Å². The van der Waals surface area contributed by atoms with E-state index in [1.54, 1.807) is 0 Å². The van der Waals surface area contributed by atoms with Crippen LogP contribution in [0.15, 0.2) is 72.8 Å². The second-order valence-corrected chi connectivity index (χ2v) is 8.48. The Hall–Kier alpha value is -3.70. The molecule has 5 heteroatoms. The molecular formula is C27H19BrN4. The average molecular weight is 479 g/mol. The van der Waals surface area contributed by atoms with Crippen LogP contribution in [0, 0.1) is 0 Å². The van der Waals surface area contributed by atoms with Crippen molar-refractivity contribution in [1.82, 2.24) is 19.9 Å². The topological polar surface area (TPSA) is 57.4 Å². The summed E-state index contributed by atoms with van der Waals surface area (Å²) in [7, 11) is 0. The second-order valence-electron chi connectivity index (χ2n) is 7.92. The maximum absolute atomic E-state index is 4.94. The number of rotatable bonds is 2. The van der Waals surface area contributed by atoms with Crippen LogP contribution in [0.25, 0.3) is 45.9 Å². The summed E-state index contributed by atoms with van der Waals surface area (Å²) in [6.45, 7) is 0. The summed E-state index contributed by atoms with van der Waals surface area (Å²) < 4.78 is 0. The van der Waals surface area contributed by atoms with Gasteiger partial charge in [0.05, 0.1) is 22.8 Å². The van der Waals surface area contributed by atoms with E-state index in [4.69, 9.17) is 9.97 Å².